The maximum Gasteiger partial charge on any atom is 0.293 e. The second-order valence-corrected chi connectivity index (χ2v) is 5.85. The van der Waals surface area contributed by atoms with Gasteiger partial charge in [0.1, 0.15) is 0 Å². The van der Waals surface area contributed by atoms with Gasteiger partial charge in [-0.05, 0) is 45.6 Å². The highest BCUT2D eigenvalue weighted by atomic mass is 16.3. The smallest absolute Gasteiger partial charge is 0.293 e. The normalized spacial score (nSPS) is 18.3. The van der Waals surface area contributed by atoms with Gasteiger partial charge in [-0.2, -0.15) is 4.98 Å². The third-order valence-electron chi connectivity index (χ3n) is 4.14. The molecule has 7 nitrogen and oxygen atoms in total. The van der Waals surface area contributed by atoms with E-state index >= 15 is 0 Å². The van der Waals surface area contributed by atoms with Gasteiger partial charge in [0.2, 0.25) is 5.82 Å². The van der Waals surface area contributed by atoms with E-state index in [9.17, 15) is 4.79 Å². The van der Waals surface area contributed by atoms with Gasteiger partial charge in [0.15, 0.2) is 0 Å². The first-order chi connectivity index (χ1) is 10.6. The third kappa shape index (κ3) is 2.68. The van der Waals surface area contributed by atoms with Gasteiger partial charge in [0.05, 0.1) is 0 Å². The van der Waals surface area contributed by atoms with Gasteiger partial charge >= 0.3 is 0 Å². The molecule has 2 aromatic rings. The maximum absolute atomic E-state index is 12.7. The Kier molecular flexibility index (Phi) is 4.06. The molecule has 0 spiro atoms. The monoisotopic (exact) mass is 303 g/mol. The molecule has 1 aliphatic heterocycles. The van der Waals surface area contributed by atoms with Gasteiger partial charge in [0, 0.05) is 30.6 Å². The number of rotatable bonds is 4. The highest BCUT2D eigenvalue weighted by Gasteiger charge is 2.31. The van der Waals surface area contributed by atoms with Crippen molar-refractivity contribution in [2.75, 3.05) is 13.2 Å². The van der Waals surface area contributed by atoms with E-state index in [1.54, 1.807) is 4.52 Å². The predicted octanol–water partition coefficient (Wildman–Crippen LogP) is 1.12. The molecule has 1 saturated heterocycles. The second kappa shape index (κ2) is 6.00. The summed E-state index contributed by atoms with van der Waals surface area (Å²) >= 11 is 0. The molecule has 0 bridgehead atoms. The Balaban J connectivity index is 1.87. The van der Waals surface area contributed by atoms with Gasteiger partial charge in [-0.25, -0.2) is 9.50 Å². The van der Waals surface area contributed by atoms with Crippen LogP contribution in [0.3, 0.4) is 0 Å². The number of likely N-dealkylation sites (tertiary alicyclic amines) is 1. The van der Waals surface area contributed by atoms with Crippen LogP contribution in [-0.2, 0) is 0 Å². The average Bonchev–Trinajstić information content (AvgIpc) is 3.10. The molecule has 0 radical (unpaired) electrons. The average molecular weight is 303 g/mol. The summed E-state index contributed by atoms with van der Waals surface area (Å²) in [4.78, 5) is 23.1. The van der Waals surface area contributed by atoms with Crippen molar-refractivity contribution in [3.63, 3.8) is 0 Å². The molecule has 118 valence electrons. The lowest BCUT2D eigenvalue weighted by molar-refractivity contribution is 0.0712. The van der Waals surface area contributed by atoms with Gasteiger partial charge in [-0.15, -0.1) is 5.10 Å². The molecular weight excluding hydrogens is 282 g/mol. The van der Waals surface area contributed by atoms with E-state index in [1.165, 1.54) is 0 Å². The first kappa shape index (κ1) is 14.9. The molecule has 2 aromatic heterocycles. The molecule has 0 aromatic carbocycles. The number of fused-ring (bicyclic) bond motifs is 1. The summed E-state index contributed by atoms with van der Waals surface area (Å²) in [6, 6.07) is 2.10. The van der Waals surface area contributed by atoms with Crippen LogP contribution in [0.5, 0.6) is 0 Å². The molecule has 3 heterocycles. The summed E-state index contributed by atoms with van der Waals surface area (Å²) in [6.07, 6.45) is 3.51. The number of aromatic nitrogens is 4. The highest BCUT2D eigenvalue weighted by Crippen LogP contribution is 2.23. The molecule has 1 atom stereocenters. The fourth-order valence-corrected chi connectivity index (χ4v) is 3.12. The lowest BCUT2D eigenvalue weighted by Gasteiger charge is -2.23. The summed E-state index contributed by atoms with van der Waals surface area (Å²) in [7, 11) is 0. The summed E-state index contributed by atoms with van der Waals surface area (Å²) < 4.78 is 1.61. The number of hydrogen-bond acceptors (Lipinski definition) is 5. The van der Waals surface area contributed by atoms with Crippen molar-refractivity contribution in [2.45, 2.75) is 45.6 Å². The van der Waals surface area contributed by atoms with Crippen LogP contribution in [0.4, 0.5) is 0 Å². The molecule has 7 heteroatoms. The van der Waals surface area contributed by atoms with E-state index < -0.39 is 0 Å². The van der Waals surface area contributed by atoms with Crippen LogP contribution in [0.25, 0.3) is 5.78 Å². The van der Waals surface area contributed by atoms with E-state index in [-0.39, 0.29) is 24.4 Å². The summed E-state index contributed by atoms with van der Waals surface area (Å²) in [5, 5.41) is 13.3. The number of aliphatic hydroxyl groups excluding tert-OH is 1. The Bertz CT molecular complexity index is 697. The molecular formula is C15H21N5O2. The Morgan fingerprint density at radius 2 is 2.23 bits per heavy atom. The van der Waals surface area contributed by atoms with Gasteiger partial charge in [-0.3, -0.25) is 4.79 Å². The number of aliphatic hydroxyl groups is 1. The fraction of sp³-hybridized carbons (Fsp3) is 0.600. The fourth-order valence-electron chi connectivity index (χ4n) is 3.12. The molecule has 22 heavy (non-hydrogen) atoms. The van der Waals surface area contributed by atoms with Crippen molar-refractivity contribution in [3.8, 4) is 0 Å². The van der Waals surface area contributed by atoms with Gasteiger partial charge < -0.3 is 10.0 Å². The molecule has 1 amide bonds. The van der Waals surface area contributed by atoms with Crippen LogP contribution < -0.4 is 0 Å². The topological polar surface area (TPSA) is 83.6 Å². The number of carbonyl (C=O) groups excluding carboxylic acids is 1. The number of nitrogens with zero attached hydrogens (tertiary/aromatic N) is 5. The minimum absolute atomic E-state index is 0.136. The molecule has 1 fully saturated rings. The Morgan fingerprint density at radius 1 is 1.41 bits per heavy atom. The first-order valence-corrected chi connectivity index (χ1v) is 7.73. The summed E-state index contributed by atoms with van der Waals surface area (Å²) in [5.74, 6) is 0.534. The van der Waals surface area contributed by atoms with Crippen LogP contribution in [-0.4, -0.2) is 54.7 Å². The number of carbonyl (C=O) groups is 1. The molecule has 1 unspecified atom stereocenters. The van der Waals surface area contributed by atoms with E-state index in [4.69, 9.17) is 5.11 Å². The molecule has 3 rings (SSSR count). The van der Waals surface area contributed by atoms with Crippen molar-refractivity contribution >= 4 is 11.7 Å². The van der Waals surface area contributed by atoms with E-state index in [0.29, 0.717) is 12.2 Å². The zero-order valence-electron chi connectivity index (χ0n) is 13.0. The van der Waals surface area contributed by atoms with Crippen LogP contribution in [0, 0.1) is 13.8 Å². The Labute approximate surface area is 129 Å². The minimum Gasteiger partial charge on any atom is -0.396 e. The molecule has 0 aliphatic carbocycles. The number of aryl methyl sites for hydroxylation is 2. The zero-order chi connectivity index (χ0) is 15.7. The van der Waals surface area contributed by atoms with Gasteiger partial charge in [0.25, 0.3) is 11.7 Å². The van der Waals surface area contributed by atoms with Crippen molar-refractivity contribution in [1.29, 1.82) is 0 Å². The SMILES string of the molecule is Cc1cc(C)n2nc(C(=O)N3CCCC3CCCO)nc2n1. The molecule has 1 aliphatic rings. The van der Waals surface area contributed by atoms with Crippen LogP contribution in [0.15, 0.2) is 6.07 Å². The quantitative estimate of drug-likeness (QED) is 0.915. The molecule has 1 N–H and O–H groups in total. The maximum atomic E-state index is 12.7. The highest BCUT2D eigenvalue weighted by molar-refractivity contribution is 5.91. The summed E-state index contributed by atoms with van der Waals surface area (Å²) in [6.45, 7) is 4.71. The van der Waals surface area contributed by atoms with Crippen LogP contribution in [0.1, 0.15) is 47.7 Å². The minimum atomic E-state index is -0.136. The van der Waals surface area contributed by atoms with Crippen molar-refractivity contribution in [3.05, 3.63) is 23.3 Å². The summed E-state index contributed by atoms with van der Waals surface area (Å²) in [5.41, 5.74) is 1.77. The first-order valence-electron chi connectivity index (χ1n) is 7.73. The van der Waals surface area contributed by atoms with Crippen molar-refractivity contribution in [2.24, 2.45) is 0 Å². The lowest BCUT2D eigenvalue weighted by atomic mass is 10.1. The van der Waals surface area contributed by atoms with E-state index in [0.717, 1.165) is 37.2 Å². The molecule has 0 saturated carbocycles. The third-order valence-corrected chi connectivity index (χ3v) is 4.14. The van der Waals surface area contributed by atoms with Crippen molar-refractivity contribution in [1.82, 2.24) is 24.5 Å². The largest absolute Gasteiger partial charge is 0.396 e. The Hall–Kier alpha value is -2.02. The number of hydrogen-bond donors (Lipinski definition) is 1. The van der Waals surface area contributed by atoms with Crippen LogP contribution in [0.2, 0.25) is 0 Å². The van der Waals surface area contributed by atoms with Gasteiger partial charge in [-0.1, -0.05) is 0 Å². The van der Waals surface area contributed by atoms with E-state index in [1.807, 2.05) is 24.8 Å². The zero-order valence-corrected chi connectivity index (χ0v) is 13.0. The van der Waals surface area contributed by atoms with Crippen molar-refractivity contribution < 1.29 is 9.90 Å². The predicted molar refractivity (Wildman–Crippen MR) is 80.6 cm³/mol. The second-order valence-electron chi connectivity index (χ2n) is 5.85. The number of amides is 1. The van der Waals surface area contributed by atoms with E-state index in [2.05, 4.69) is 15.1 Å². The standard InChI is InChI=1S/C15H21N5O2/c1-10-9-11(2)20-15(16-10)17-13(18-20)14(22)19-7-3-5-12(19)6-4-8-21/h9,12,21H,3-8H2,1-2H3. The van der Waals surface area contributed by atoms with Crippen LogP contribution >= 0.6 is 0 Å². The Morgan fingerprint density at radius 3 is 3.00 bits per heavy atom. The lowest BCUT2D eigenvalue weighted by Crippen LogP contribution is -2.36.